The largest absolute Gasteiger partial charge is 0.381 e. The summed E-state index contributed by atoms with van der Waals surface area (Å²) in [5, 5.41) is 3.77. The molecule has 3 heterocycles. The van der Waals surface area contributed by atoms with Gasteiger partial charge in [0.05, 0.1) is 6.20 Å². The molecule has 0 spiro atoms. The number of fused-ring (bicyclic) bond motifs is 1. The van der Waals surface area contributed by atoms with Crippen LogP contribution in [0, 0.1) is 0 Å². The molecule has 1 saturated heterocycles. The van der Waals surface area contributed by atoms with Crippen LogP contribution in [-0.2, 0) is 4.74 Å². The van der Waals surface area contributed by atoms with Gasteiger partial charge in [-0.3, -0.25) is 4.79 Å². The number of hydrogen-bond acceptors (Lipinski definition) is 2. The summed E-state index contributed by atoms with van der Waals surface area (Å²) in [4.78, 5) is 16.1. The van der Waals surface area contributed by atoms with Crippen LogP contribution in [0.2, 0.25) is 5.02 Å². The zero-order valence-electron chi connectivity index (χ0n) is 13.7. The molecule has 0 radical (unpaired) electrons. The van der Waals surface area contributed by atoms with E-state index < -0.39 is 0 Å². The van der Waals surface area contributed by atoms with E-state index in [2.05, 4.69) is 10.3 Å². The molecule has 25 heavy (non-hydrogen) atoms. The quantitative estimate of drug-likeness (QED) is 0.709. The molecular formula is C19H19ClN3O2+. The molecule has 1 fully saturated rings. The number of imidazole rings is 1. The fraction of sp³-hybridized carbons (Fsp3) is 0.263. The second-order valence-corrected chi connectivity index (χ2v) is 6.61. The van der Waals surface area contributed by atoms with Crippen molar-refractivity contribution in [1.82, 2.24) is 10.3 Å². The molecular weight excluding hydrogens is 338 g/mol. The van der Waals surface area contributed by atoms with E-state index in [-0.39, 0.29) is 11.9 Å². The summed E-state index contributed by atoms with van der Waals surface area (Å²) < 4.78 is 7.23. The third kappa shape index (κ3) is 3.25. The zero-order valence-corrected chi connectivity index (χ0v) is 14.4. The lowest BCUT2D eigenvalue weighted by Crippen LogP contribution is -2.42. The summed E-state index contributed by atoms with van der Waals surface area (Å²) in [6, 6.07) is 13.6. The van der Waals surface area contributed by atoms with E-state index >= 15 is 0 Å². The lowest BCUT2D eigenvalue weighted by atomic mass is 10.1. The molecule has 2 aromatic heterocycles. The number of pyridine rings is 1. The van der Waals surface area contributed by atoms with Gasteiger partial charge in [0, 0.05) is 29.8 Å². The first-order valence-electron chi connectivity index (χ1n) is 8.39. The lowest BCUT2D eigenvalue weighted by Gasteiger charge is -2.22. The number of nitrogens with zero attached hydrogens (tertiary/aromatic N) is 1. The van der Waals surface area contributed by atoms with Crippen molar-refractivity contribution in [3.05, 3.63) is 59.5 Å². The van der Waals surface area contributed by atoms with Gasteiger partial charge >= 0.3 is 11.7 Å². The zero-order chi connectivity index (χ0) is 17.2. The molecule has 1 amide bonds. The Hall–Kier alpha value is -2.37. The molecule has 0 aliphatic carbocycles. The van der Waals surface area contributed by atoms with Gasteiger partial charge in [-0.2, -0.15) is 4.40 Å². The molecule has 1 aliphatic rings. The van der Waals surface area contributed by atoms with E-state index in [4.69, 9.17) is 16.3 Å². The third-order valence-electron chi connectivity index (χ3n) is 4.49. The molecule has 6 heteroatoms. The molecule has 4 rings (SSSR count). The van der Waals surface area contributed by atoms with Gasteiger partial charge in [-0.25, -0.2) is 4.98 Å². The van der Waals surface area contributed by atoms with Gasteiger partial charge in [-0.05, 0) is 37.1 Å². The Bertz CT molecular complexity index is 916. The van der Waals surface area contributed by atoms with Gasteiger partial charge in [0.2, 0.25) is 0 Å². The monoisotopic (exact) mass is 356 g/mol. The van der Waals surface area contributed by atoms with Crippen molar-refractivity contribution in [2.45, 2.75) is 18.9 Å². The van der Waals surface area contributed by atoms with Crippen molar-refractivity contribution in [3.63, 3.8) is 0 Å². The van der Waals surface area contributed by atoms with Crippen molar-refractivity contribution < 1.29 is 13.9 Å². The summed E-state index contributed by atoms with van der Waals surface area (Å²) in [6.07, 6.45) is 3.57. The Balaban J connectivity index is 1.73. The van der Waals surface area contributed by atoms with Crippen LogP contribution in [0.1, 0.15) is 23.5 Å². The number of amides is 1. The fourth-order valence-electron chi connectivity index (χ4n) is 3.21. The fourth-order valence-corrected chi connectivity index (χ4v) is 3.40. The highest BCUT2D eigenvalue weighted by atomic mass is 35.5. The van der Waals surface area contributed by atoms with Crippen LogP contribution in [-0.4, -0.2) is 30.1 Å². The molecule has 0 unspecified atom stereocenters. The molecule has 1 aliphatic heterocycles. The predicted molar refractivity (Wildman–Crippen MR) is 95.7 cm³/mol. The van der Waals surface area contributed by atoms with Crippen LogP contribution in [0.3, 0.4) is 0 Å². The normalized spacial score (nSPS) is 15.4. The van der Waals surface area contributed by atoms with Crippen LogP contribution in [0.4, 0.5) is 0 Å². The van der Waals surface area contributed by atoms with E-state index in [0.717, 1.165) is 29.6 Å². The lowest BCUT2D eigenvalue weighted by molar-refractivity contribution is -0.514. The van der Waals surface area contributed by atoms with Crippen molar-refractivity contribution in [1.29, 1.82) is 0 Å². The number of hydrogen-bond donors (Lipinski definition) is 2. The van der Waals surface area contributed by atoms with E-state index in [1.54, 1.807) is 0 Å². The maximum Gasteiger partial charge on any atom is 0.351 e. The van der Waals surface area contributed by atoms with E-state index in [9.17, 15) is 4.79 Å². The minimum absolute atomic E-state index is 0.110. The van der Waals surface area contributed by atoms with Gasteiger partial charge in [0.15, 0.2) is 11.2 Å². The number of H-pyrrole nitrogens is 1. The standard InChI is InChI=1S/C19H18ClN3O2/c20-14-5-3-4-13(12-14)17-16-6-1-2-9-23(16)18(22-17)19(24)21-15-7-10-25-11-8-15/h1-6,9,12,15H,7-8,10-11H2,(H,21,24)/p+1. The van der Waals surface area contributed by atoms with Gasteiger partial charge < -0.3 is 10.1 Å². The molecule has 0 bridgehead atoms. The molecule has 3 aromatic rings. The summed E-state index contributed by atoms with van der Waals surface area (Å²) in [6.45, 7) is 1.38. The van der Waals surface area contributed by atoms with Crippen molar-refractivity contribution in [3.8, 4) is 11.3 Å². The second-order valence-electron chi connectivity index (χ2n) is 6.17. The smallest absolute Gasteiger partial charge is 0.351 e. The number of carbonyl (C=O) groups is 1. The molecule has 2 N–H and O–H groups in total. The number of carbonyl (C=O) groups excluding carboxylic acids is 1. The minimum Gasteiger partial charge on any atom is -0.381 e. The average molecular weight is 357 g/mol. The summed E-state index contributed by atoms with van der Waals surface area (Å²) in [5.41, 5.74) is 2.75. The van der Waals surface area contributed by atoms with Crippen LogP contribution in [0.25, 0.3) is 16.8 Å². The Morgan fingerprint density at radius 1 is 1.20 bits per heavy atom. The predicted octanol–water partition coefficient (Wildman–Crippen LogP) is 2.98. The molecule has 1 aromatic carbocycles. The molecule has 0 saturated carbocycles. The third-order valence-corrected chi connectivity index (χ3v) is 4.72. The molecule has 5 nitrogen and oxygen atoms in total. The van der Waals surface area contributed by atoms with Crippen molar-refractivity contribution in [2.75, 3.05) is 13.2 Å². The van der Waals surface area contributed by atoms with Crippen LogP contribution in [0.5, 0.6) is 0 Å². The Morgan fingerprint density at radius 3 is 2.84 bits per heavy atom. The Morgan fingerprint density at radius 2 is 2.04 bits per heavy atom. The first-order valence-corrected chi connectivity index (χ1v) is 8.77. The number of rotatable bonds is 3. The molecule has 0 atom stereocenters. The minimum atomic E-state index is -0.110. The van der Waals surface area contributed by atoms with Crippen LogP contribution >= 0.6 is 11.6 Å². The number of ether oxygens (including phenoxy) is 1. The number of aromatic nitrogens is 2. The van der Waals surface area contributed by atoms with Crippen LogP contribution in [0.15, 0.2) is 48.7 Å². The van der Waals surface area contributed by atoms with Gasteiger partial charge in [0.1, 0.15) is 0 Å². The molecule has 128 valence electrons. The highest BCUT2D eigenvalue weighted by molar-refractivity contribution is 6.30. The average Bonchev–Trinajstić information content (AvgIpc) is 3.02. The van der Waals surface area contributed by atoms with Crippen LogP contribution < -0.4 is 9.72 Å². The van der Waals surface area contributed by atoms with E-state index in [1.807, 2.05) is 53.1 Å². The van der Waals surface area contributed by atoms with Gasteiger partial charge in [0.25, 0.3) is 0 Å². The topological polar surface area (TPSA) is 58.2 Å². The summed E-state index contributed by atoms with van der Waals surface area (Å²) >= 11 is 6.13. The number of nitrogens with one attached hydrogen (secondary N) is 2. The van der Waals surface area contributed by atoms with Crippen molar-refractivity contribution >= 4 is 23.0 Å². The summed E-state index contributed by atoms with van der Waals surface area (Å²) in [5.74, 6) is 0.401. The highest BCUT2D eigenvalue weighted by Gasteiger charge is 2.27. The van der Waals surface area contributed by atoms with E-state index in [1.165, 1.54) is 0 Å². The summed E-state index contributed by atoms with van der Waals surface area (Å²) in [7, 11) is 0. The van der Waals surface area contributed by atoms with Gasteiger partial charge in [-0.1, -0.05) is 29.8 Å². The maximum absolute atomic E-state index is 12.8. The second kappa shape index (κ2) is 6.86. The SMILES string of the molecule is O=C(NC1CCOCC1)c1[nH]c(-c2cccc(Cl)c2)c2cccc[n+]12. The van der Waals surface area contributed by atoms with Crippen molar-refractivity contribution in [2.24, 2.45) is 0 Å². The number of aromatic amines is 1. The highest BCUT2D eigenvalue weighted by Crippen LogP contribution is 2.24. The Kier molecular flexibility index (Phi) is 4.42. The van der Waals surface area contributed by atoms with E-state index in [0.29, 0.717) is 24.1 Å². The van der Waals surface area contributed by atoms with Gasteiger partial charge in [-0.15, -0.1) is 0 Å². The number of benzene rings is 1. The number of halogens is 1. The maximum atomic E-state index is 12.8. The Labute approximate surface area is 150 Å². The first kappa shape index (κ1) is 16.1. The first-order chi connectivity index (χ1) is 12.2.